The Kier molecular flexibility index (Phi) is 5.82. The second-order valence-corrected chi connectivity index (χ2v) is 6.59. The van der Waals surface area contributed by atoms with E-state index in [0.717, 1.165) is 16.9 Å². The van der Waals surface area contributed by atoms with Crippen molar-refractivity contribution in [3.05, 3.63) is 94.0 Å². The molecule has 0 aliphatic heterocycles. The van der Waals surface area contributed by atoms with E-state index in [0.29, 0.717) is 17.1 Å². The highest BCUT2D eigenvalue weighted by Crippen LogP contribution is 2.28. The van der Waals surface area contributed by atoms with E-state index >= 15 is 0 Å². The number of nitrogens with zero attached hydrogens (tertiary/aromatic N) is 1. The van der Waals surface area contributed by atoms with Gasteiger partial charge in [-0.3, -0.25) is 4.79 Å². The molecule has 3 nitrogen and oxygen atoms in total. The first kappa shape index (κ1) is 18.3. The fourth-order valence-electron chi connectivity index (χ4n) is 2.73. The maximum atomic E-state index is 12.5. The first-order chi connectivity index (χ1) is 12.6. The van der Waals surface area contributed by atoms with E-state index in [2.05, 4.69) is 10.2 Å². The maximum Gasteiger partial charge on any atom is 0.253 e. The molecule has 0 spiro atoms. The number of carbonyl (C=O) groups excluding carboxylic acids is 1. The quantitative estimate of drug-likeness (QED) is 0.612. The van der Waals surface area contributed by atoms with Crippen LogP contribution in [0.5, 0.6) is 0 Å². The third-order valence-corrected chi connectivity index (χ3v) is 4.95. The molecular weight excluding hydrogens is 367 g/mol. The largest absolute Gasteiger partial charge is 0.348 e. The van der Waals surface area contributed by atoms with Crippen molar-refractivity contribution in [3.63, 3.8) is 0 Å². The Hall–Kier alpha value is -2.49. The van der Waals surface area contributed by atoms with E-state index in [1.807, 2.05) is 61.6 Å². The fraction of sp³-hybridized carbons (Fsp3) is 0.0952. The number of anilines is 2. The summed E-state index contributed by atoms with van der Waals surface area (Å²) < 4.78 is 0. The van der Waals surface area contributed by atoms with Gasteiger partial charge in [-0.25, -0.2) is 0 Å². The minimum atomic E-state index is -0.255. The number of para-hydroxylation sites is 2. The maximum absolute atomic E-state index is 12.5. The van der Waals surface area contributed by atoms with Crippen molar-refractivity contribution in [2.24, 2.45) is 0 Å². The molecule has 0 fully saturated rings. The SMILES string of the molecule is CN(c1ccccc1)c1ccccc1CNC(=O)c1cccc(Cl)c1Cl. The van der Waals surface area contributed by atoms with E-state index in [-0.39, 0.29) is 10.9 Å². The molecule has 3 aromatic carbocycles. The minimum absolute atomic E-state index is 0.255. The van der Waals surface area contributed by atoms with E-state index in [1.54, 1.807) is 18.2 Å². The second kappa shape index (κ2) is 8.26. The number of nitrogens with one attached hydrogen (secondary N) is 1. The number of carbonyl (C=O) groups is 1. The Labute approximate surface area is 163 Å². The summed E-state index contributed by atoms with van der Waals surface area (Å²) >= 11 is 12.1. The van der Waals surface area contributed by atoms with Gasteiger partial charge in [0.05, 0.1) is 15.6 Å². The highest BCUT2D eigenvalue weighted by molar-refractivity contribution is 6.43. The normalized spacial score (nSPS) is 10.4. The van der Waals surface area contributed by atoms with Gasteiger partial charge in [-0.1, -0.05) is 65.7 Å². The average Bonchev–Trinajstić information content (AvgIpc) is 2.68. The van der Waals surface area contributed by atoms with Gasteiger partial charge < -0.3 is 10.2 Å². The van der Waals surface area contributed by atoms with Crippen molar-refractivity contribution >= 4 is 40.5 Å². The van der Waals surface area contributed by atoms with Crippen molar-refractivity contribution in [3.8, 4) is 0 Å². The lowest BCUT2D eigenvalue weighted by molar-refractivity contribution is 0.0951. The molecule has 3 rings (SSSR count). The molecule has 0 aliphatic carbocycles. The van der Waals surface area contributed by atoms with E-state index in [1.165, 1.54) is 0 Å². The number of benzene rings is 3. The summed E-state index contributed by atoms with van der Waals surface area (Å²) in [6.45, 7) is 0.384. The molecule has 0 heterocycles. The molecule has 1 amide bonds. The summed E-state index contributed by atoms with van der Waals surface area (Å²) in [5.41, 5.74) is 3.47. The molecule has 0 aromatic heterocycles. The lowest BCUT2D eigenvalue weighted by Crippen LogP contribution is -2.24. The summed E-state index contributed by atoms with van der Waals surface area (Å²) in [4.78, 5) is 14.6. The summed E-state index contributed by atoms with van der Waals surface area (Å²) in [5.74, 6) is -0.255. The average molecular weight is 385 g/mol. The smallest absolute Gasteiger partial charge is 0.253 e. The van der Waals surface area contributed by atoms with E-state index in [4.69, 9.17) is 23.2 Å². The number of rotatable bonds is 5. The molecule has 0 saturated carbocycles. The third kappa shape index (κ3) is 4.01. The molecule has 0 aliphatic rings. The van der Waals surface area contributed by atoms with Crippen LogP contribution in [0.4, 0.5) is 11.4 Å². The van der Waals surface area contributed by atoms with Crippen LogP contribution < -0.4 is 10.2 Å². The molecule has 0 unspecified atom stereocenters. The van der Waals surface area contributed by atoms with Crippen molar-refractivity contribution in [2.45, 2.75) is 6.54 Å². The summed E-state index contributed by atoms with van der Waals surface area (Å²) in [6, 6.07) is 23.0. The Morgan fingerprint density at radius 3 is 2.38 bits per heavy atom. The molecule has 0 radical (unpaired) electrons. The minimum Gasteiger partial charge on any atom is -0.348 e. The van der Waals surface area contributed by atoms with Crippen molar-refractivity contribution in [1.29, 1.82) is 0 Å². The van der Waals surface area contributed by atoms with Gasteiger partial charge in [0.2, 0.25) is 0 Å². The zero-order valence-electron chi connectivity index (χ0n) is 14.2. The van der Waals surface area contributed by atoms with Crippen LogP contribution in [-0.4, -0.2) is 13.0 Å². The zero-order valence-corrected chi connectivity index (χ0v) is 15.8. The highest BCUT2D eigenvalue weighted by atomic mass is 35.5. The molecule has 1 N–H and O–H groups in total. The fourth-order valence-corrected chi connectivity index (χ4v) is 3.11. The topological polar surface area (TPSA) is 32.3 Å². The Morgan fingerprint density at radius 1 is 0.923 bits per heavy atom. The molecule has 0 saturated heterocycles. The Bertz CT molecular complexity index is 913. The van der Waals surface area contributed by atoms with Gasteiger partial charge in [-0.15, -0.1) is 0 Å². The second-order valence-electron chi connectivity index (χ2n) is 5.81. The number of hydrogen-bond acceptors (Lipinski definition) is 2. The van der Waals surface area contributed by atoms with Crippen LogP contribution in [0.1, 0.15) is 15.9 Å². The predicted octanol–water partition coefficient (Wildman–Crippen LogP) is 5.69. The lowest BCUT2D eigenvalue weighted by atomic mass is 10.1. The van der Waals surface area contributed by atoms with Crippen LogP contribution in [0.2, 0.25) is 10.0 Å². The zero-order chi connectivity index (χ0) is 18.5. The molecule has 0 atom stereocenters. The van der Waals surface area contributed by atoms with E-state index < -0.39 is 0 Å². The van der Waals surface area contributed by atoms with Crippen LogP contribution in [0.15, 0.2) is 72.8 Å². The van der Waals surface area contributed by atoms with Gasteiger partial charge in [0, 0.05) is 25.0 Å². The number of halogens is 2. The molecular formula is C21H18Cl2N2O. The summed E-state index contributed by atoms with van der Waals surface area (Å²) in [6.07, 6.45) is 0. The van der Waals surface area contributed by atoms with Crippen molar-refractivity contribution in [2.75, 3.05) is 11.9 Å². The van der Waals surface area contributed by atoms with Gasteiger partial charge in [0.15, 0.2) is 0 Å². The van der Waals surface area contributed by atoms with Crippen molar-refractivity contribution in [1.82, 2.24) is 5.32 Å². The first-order valence-corrected chi connectivity index (χ1v) is 8.92. The van der Waals surface area contributed by atoms with E-state index in [9.17, 15) is 4.79 Å². The Morgan fingerprint density at radius 2 is 1.62 bits per heavy atom. The van der Waals surface area contributed by atoms with Gasteiger partial charge in [0.1, 0.15) is 0 Å². The van der Waals surface area contributed by atoms with Gasteiger partial charge in [0.25, 0.3) is 5.91 Å². The van der Waals surface area contributed by atoms with Gasteiger partial charge in [-0.2, -0.15) is 0 Å². The molecule has 26 heavy (non-hydrogen) atoms. The van der Waals surface area contributed by atoms with Crippen molar-refractivity contribution < 1.29 is 4.79 Å². The molecule has 5 heteroatoms. The predicted molar refractivity (Wildman–Crippen MR) is 109 cm³/mol. The lowest BCUT2D eigenvalue weighted by Gasteiger charge is -2.23. The van der Waals surface area contributed by atoms with Crippen LogP contribution in [0.25, 0.3) is 0 Å². The van der Waals surface area contributed by atoms with Crippen LogP contribution in [0, 0.1) is 0 Å². The van der Waals surface area contributed by atoms with Crippen LogP contribution in [0.3, 0.4) is 0 Å². The van der Waals surface area contributed by atoms with Gasteiger partial charge >= 0.3 is 0 Å². The van der Waals surface area contributed by atoms with Crippen LogP contribution in [-0.2, 0) is 6.54 Å². The molecule has 0 bridgehead atoms. The first-order valence-electron chi connectivity index (χ1n) is 8.17. The number of amides is 1. The Balaban J connectivity index is 1.79. The highest BCUT2D eigenvalue weighted by Gasteiger charge is 2.14. The number of hydrogen-bond donors (Lipinski definition) is 1. The van der Waals surface area contributed by atoms with Crippen LogP contribution >= 0.6 is 23.2 Å². The molecule has 3 aromatic rings. The standard InChI is InChI=1S/C21H18Cl2N2O/c1-25(16-9-3-2-4-10-16)19-13-6-5-8-15(19)14-24-21(26)17-11-7-12-18(22)20(17)23/h2-13H,14H2,1H3,(H,24,26). The third-order valence-electron chi connectivity index (χ3n) is 4.13. The monoisotopic (exact) mass is 384 g/mol. The van der Waals surface area contributed by atoms with Gasteiger partial charge in [-0.05, 0) is 35.9 Å². The summed E-state index contributed by atoms with van der Waals surface area (Å²) in [5, 5.41) is 3.55. The summed E-state index contributed by atoms with van der Waals surface area (Å²) in [7, 11) is 2.00. The molecule has 132 valence electrons.